The topological polar surface area (TPSA) is 47.0 Å². The Morgan fingerprint density at radius 1 is 0.870 bits per heavy atom. The van der Waals surface area contributed by atoms with Gasteiger partial charge < -0.3 is 0 Å². The van der Waals surface area contributed by atoms with Crippen LogP contribution in [-0.4, -0.2) is 13.4 Å². The van der Waals surface area contributed by atoms with Crippen molar-refractivity contribution in [3.8, 4) is 0 Å². The molecule has 118 valence electrons. The van der Waals surface area contributed by atoms with Gasteiger partial charge in [0, 0.05) is 11.6 Å². The number of hydrogen-bond acceptors (Lipinski definition) is 3. The van der Waals surface area contributed by atoms with E-state index in [1.54, 1.807) is 24.3 Å². The minimum Gasteiger partial charge on any atom is -0.255 e. The summed E-state index contributed by atoms with van der Waals surface area (Å²) >= 11 is 0. The minimum atomic E-state index is -4.60. The van der Waals surface area contributed by atoms with Crippen molar-refractivity contribution in [3.63, 3.8) is 0 Å². The molecule has 7 heteroatoms. The molecule has 3 nitrogen and oxygen atoms in total. The van der Waals surface area contributed by atoms with Gasteiger partial charge in [0.15, 0.2) is 0 Å². The number of hydrogen-bond donors (Lipinski definition) is 0. The van der Waals surface area contributed by atoms with Crippen LogP contribution in [0.2, 0.25) is 0 Å². The summed E-state index contributed by atoms with van der Waals surface area (Å²) in [5.74, 6) is 0. The van der Waals surface area contributed by atoms with E-state index in [0.29, 0.717) is 17.0 Å². The molecule has 0 N–H and O–H groups in total. The van der Waals surface area contributed by atoms with Crippen LogP contribution in [0, 0.1) is 0 Å². The highest BCUT2D eigenvalue weighted by Crippen LogP contribution is 2.32. The maximum absolute atomic E-state index is 12.8. The molecule has 0 unspecified atom stereocenters. The lowest BCUT2D eigenvalue weighted by Gasteiger charge is -2.10. The monoisotopic (exact) mass is 337 g/mol. The van der Waals surface area contributed by atoms with Crippen molar-refractivity contribution in [1.82, 2.24) is 4.98 Å². The van der Waals surface area contributed by atoms with E-state index in [1.807, 2.05) is 0 Å². The Hall–Kier alpha value is -2.41. The Balaban J connectivity index is 2.13. The summed E-state index contributed by atoms with van der Waals surface area (Å²) in [5.41, 5.74) is -0.400. The molecule has 2 aromatic carbocycles. The van der Waals surface area contributed by atoms with E-state index >= 15 is 0 Å². The van der Waals surface area contributed by atoms with Crippen LogP contribution < -0.4 is 0 Å². The third-order valence-corrected chi connectivity index (χ3v) is 5.07. The third-order valence-electron chi connectivity index (χ3n) is 3.35. The molecule has 0 saturated carbocycles. The lowest BCUT2D eigenvalue weighted by Crippen LogP contribution is -2.08. The van der Waals surface area contributed by atoms with Gasteiger partial charge in [-0.2, -0.15) is 13.2 Å². The molecule has 0 aliphatic carbocycles. The second-order valence-corrected chi connectivity index (χ2v) is 6.84. The minimum absolute atomic E-state index is 0.143. The van der Waals surface area contributed by atoms with E-state index in [1.165, 1.54) is 6.07 Å². The zero-order valence-corrected chi connectivity index (χ0v) is 12.4. The van der Waals surface area contributed by atoms with Crippen molar-refractivity contribution in [3.05, 3.63) is 66.4 Å². The number of rotatable bonds is 2. The Bertz CT molecular complexity index is 982. The summed E-state index contributed by atoms with van der Waals surface area (Å²) in [6, 6.07) is 12.0. The van der Waals surface area contributed by atoms with Crippen LogP contribution in [0.5, 0.6) is 0 Å². The van der Waals surface area contributed by atoms with Crippen LogP contribution in [-0.2, 0) is 16.0 Å². The number of pyridine rings is 1. The Morgan fingerprint density at radius 2 is 1.61 bits per heavy atom. The molecule has 3 aromatic rings. The van der Waals surface area contributed by atoms with E-state index in [-0.39, 0.29) is 4.90 Å². The fourth-order valence-corrected chi connectivity index (χ4v) is 3.46. The Labute approximate surface area is 130 Å². The van der Waals surface area contributed by atoms with Gasteiger partial charge in [-0.1, -0.05) is 24.3 Å². The normalized spacial score (nSPS) is 12.5. The molecular weight excluding hydrogens is 327 g/mol. The van der Waals surface area contributed by atoms with Gasteiger partial charge in [0.1, 0.15) is 0 Å². The molecule has 3 rings (SSSR count). The maximum Gasteiger partial charge on any atom is 0.416 e. The van der Waals surface area contributed by atoms with Crippen LogP contribution in [0.1, 0.15) is 5.56 Å². The van der Waals surface area contributed by atoms with Gasteiger partial charge in [-0.25, -0.2) is 8.42 Å². The van der Waals surface area contributed by atoms with Gasteiger partial charge in [0.25, 0.3) is 0 Å². The van der Waals surface area contributed by atoms with Gasteiger partial charge in [-0.05, 0) is 30.3 Å². The predicted octanol–water partition coefficient (Wildman–Crippen LogP) is 4.09. The first-order chi connectivity index (χ1) is 10.8. The van der Waals surface area contributed by atoms with E-state index in [0.717, 1.165) is 24.4 Å². The first-order valence-electron chi connectivity index (χ1n) is 6.56. The average Bonchev–Trinajstić information content (AvgIpc) is 2.53. The number of nitrogens with zero attached hydrogens (tertiary/aromatic N) is 1. The van der Waals surface area contributed by atoms with E-state index in [9.17, 15) is 21.6 Å². The van der Waals surface area contributed by atoms with Gasteiger partial charge in [0.05, 0.1) is 20.9 Å². The quantitative estimate of drug-likeness (QED) is 0.708. The number of aromatic nitrogens is 1. The first kappa shape index (κ1) is 15.5. The van der Waals surface area contributed by atoms with Crippen molar-refractivity contribution in [2.24, 2.45) is 0 Å². The fraction of sp³-hybridized carbons (Fsp3) is 0.0625. The Morgan fingerprint density at radius 3 is 2.35 bits per heavy atom. The fourth-order valence-electron chi connectivity index (χ4n) is 2.17. The van der Waals surface area contributed by atoms with Gasteiger partial charge in [-0.15, -0.1) is 0 Å². The number of alkyl halides is 3. The van der Waals surface area contributed by atoms with Crippen molar-refractivity contribution >= 4 is 20.7 Å². The van der Waals surface area contributed by atoms with Gasteiger partial charge in [0.2, 0.25) is 9.84 Å². The van der Waals surface area contributed by atoms with Gasteiger partial charge >= 0.3 is 6.18 Å². The molecule has 0 spiro atoms. The molecule has 1 aromatic heterocycles. The summed E-state index contributed by atoms with van der Waals surface area (Å²) in [4.78, 5) is 3.49. The highest BCUT2D eigenvalue weighted by Gasteiger charge is 2.32. The molecule has 23 heavy (non-hydrogen) atoms. The lowest BCUT2D eigenvalue weighted by molar-refractivity contribution is -0.137. The van der Waals surface area contributed by atoms with Crippen LogP contribution in [0.4, 0.5) is 13.2 Å². The number of para-hydroxylation sites is 1. The molecule has 0 radical (unpaired) electrons. The molecule has 0 saturated heterocycles. The zero-order valence-electron chi connectivity index (χ0n) is 11.6. The van der Waals surface area contributed by atoms with Crippen molar-refractivity contribution in [2.75, 3.05) is 0 Å². The van der Waals surface area contributed by atoms with Gasteiger partial charge in [-0.3, -0.25) is 4.98 Å². The van der Waals surface area contributed by atoms with E-state index < -0.39 is 26.5 Å². The molecule has 1 heterocycles. The average molecular weight is 337 g/mol. The number of benzene rings is 2. The zero-order chi connectivity index (χ0) is 16.7. The first-order valence-corrected chi connectivity index (χ1v) is 8.04. The second kappa shape index (κ2) is 5.34. The van der Waals surface area contributed by atoms with E-state index in [2.05, 4.69) is 4.98 Å². The number of sulfone groups is 1. The van der Waals surface area contributed by atoms with Crippen LogP contribution in [0.15, 0.2) is 70.6 Å². The SMILES string of the molecule is O=S(=O)(c1cccc(C(F)(F)F)c1)c1cnc2ccccc2c1. The lowest BCUT2D eigenvalue weighted by atomic mass is 10.2. The van der Waals surface area contributed by atoms with Crippen LogP contribution in [0.3, 0.4) is 0 Å². The summed E-state index contributed by atoms with van der Waals surface area (Å²) < 4.78 is 63.4. The molecular formula is C16H10F3NO2S. The maximum atomic E-state index is 12.8. The Kier molecular flexibility index (Phi) is 3.60. The molecule has 0 aliphatic rings. The molecule has 0 bridgehead atoms. The van der Waals surface area contributed by atoms with Crippen molar-refractivity contribution < 1.29 is 21.6 Å². The smallest absolute Gasteiger partial charge is 0.255 e. The summed E-state index contributed by atoms with van der Waals surface area (Å²) in [5, 5.41) is 0.598. The molecule has 0 atom stereocenters. The molecule has 0 fully saturated rings. The van der Waals surface area contributed by atoms with Crippen molar-refractivity contribution in [2.45, 2.75) is 16.0 Å². The highest BCUT2D eigenvalue weighted by molar-refractivity contribution is 7.91. The number of fused-ring (bicyclic) bond motifs is 1. The highest BCUT2D eigenvalue weighted by atomic mass is 32.2. The summed E-state index contributed by atoms with van der Waals surface area (Å²) in [7, 11) is -4.08. The molecule has 0 amide bonds. The summed E-state index contributed by atoms with van der Waals surface area (Å²) in [6.07, 6.45) is -3.45. The number of halogens is 3. The predicted molar refractivity (Wildman–Crippen MR) is 78.6 cm³/mol. The third kappa shape index (κ3) is 2.92. The van der Waals surface area contributed by atoms with Crippen molar-refractivity contribution in [1.29, 1.82) is 0 Å². The van der Waals surface area contributed by atoms with E-state index in [4.69, 9.17) is 0 Å². The van der Waals surface area contributed by atoms with Crippen LogP contribution in [0.25, 0.3) is 10.9 Å². The van der Waals surface area contributed by atoms with Crippen LogP contribution >= 0.6 is 0 Å². The molecule has 0 aliphatic heterocycles. The second-order valence-electron chi connectivity index (χ2n) is 4.89. The summed E-state index contributed by atoms with van der Waals surface area (Å²) in [6.45, 7) is 0. The standard InChI is InChI=1S/C16H10F3NO2S/c17-16(18,19)12-5-3-6-13(9-12)23(21,22)14-8-11-4-1-2-7-15(11)20-10-14/h1-10H. The largest absolute Gasteiger partial charge is 0.416 e.